The third-order valence-electron chi connectivity index (χ3n) is 4.29. The largest absolute Gasteiger partial charge is 0.399 e. The molecule has 1 aromatic carbocycles. The van der Waals surface area contributed by atoms with Gasteiger partial charge in [-0.2, -0.15) is 0 Å². The van der Waals surface area contributed by atoms with E-state index in [0.717, 1.165) is 36.0 Å². The van der Waals surface area contributed by atoms with Crippen LogP contribution in [-0.4, -0.2) is 29.0 Å². The number of rotatable bonds is 4. The fraction of sp³-hybridized carbons (Fsp3) is 0.471. The summed E-state index contributed by atoms with van der Waals surface area (Å²) in [6.07, 6.45) is 5.12. The van der Waals surface area contributed by atoms with E-state index in [0.29, 0.717) is 0 Å². The highest BCUT2D eigenvalue weighted by Gasteiger charge is 2.18. The van der Waals surface area contributed by atoms with E-state index in [1.807, 2.05) is 18.2 Å². The van der Waals surface area contributed by atoms with E-state index in [4.69, 9.17) is 10.7 Å². The Kier molecular flexibility index (Phi) is 4.56. The summed E-state index contributed by atoms with van der Waals surface area (Å²) in [4.78, 5) is 7.37. The van der Waals surface area contributed by atoms with E-state index in [2.05, 4.69) is 23.3 Å². The van der Waals surface area contributed by atoms with Crippen LogP contribution in [0.4, 0.5) is 5.69 Å². The molecule has 1 unspecified atom stereocenters. The summed E-state index contributed by atoms with van der Waals surface area (Å²) in [5.41, 5.74) is 8.80. The Hall–Kier alpha value is -1.39. The van der Waals surface area contributed by atoms with Gasteiger partial charge < -0.3 is 10.6 Å². The van der Waals surface area contributed by atoms with Crippen molar-refractivity contribution in [1.29, 1.82) is 0 Å². The summed E-state index contributed by atoms with van der Waals surface area (Å²) in [5.74, 6) is 0. The van der Waals surface area contributed by atoms with Crippen LogP contribution in [0.5, 0.6) is 0 Å². The molecule has 2 heterocycles. The molecule has 1 aliphatic heterocycles. The molecule has 2 aromatic rings. The van der Waals surface area contributed by atoms with Gasteiger partial charge in [0.15, 0.2) is 0 Å². The molecular weight excluding hydrogens is 278 g/mol. The molecule has 3 rings (SSSR count). The van der Waals surface area contributed by atoms with Gasteiger partial charge in [-0.25, -0.2) is 4.98 Å². The Morgan fingerprint density at radius 1 is 1.38 bits per heavy atom. The Bertz CT molecular complexity index is 593. The van der Waals surface area contributed by atoms with E-state index < -0.39 is 0 Å². The van der Waals surface area contributed by atoms with Crippen molar-refractivity contribution in [1.82, 2.24) is 9.88 Å². The monoisotopic (exact) mass is 301 g/mol. The summed E-state index contributed by atoms with van der Waals surface area (Å²) >= 11 is 1.76. The minimum atomic E-state index is 0.729. The number of aromatic nitrogens is 1. The molecule has 0 spiro atoms. The van der Waals surface area contributed by atoms with E-state index in [1.165, 1.54) is 30.8 Å². The SMILES string of the molecule is CC1CCCCN1CCc1nc(-c2cccc(N)c2)cs1. The molecule has 1 fully saturated rings. The van der Waals surface area contributed by atoms with Crippen molar-refractivity contribution in [2.24, 2.45) is 0 Å². The molecule has 4 heteroatoms. The van der Waals surface area contributed by atoms with Gasteiger partial charge in [-0.15, -0.1) is 11.3 Å². The second kappa shape index (κ2) is 6.58. The zero-order chi connectivity index (χ0) is 14.7. The number of hydrogen-bond donors (Lipinski definition) is 1. The number of benzene rings is 1. The van der Waals surface area contributed by atoms with Crippen LogP contribution >= 0.6 is 11.3 Å². The Balaban J connectivity index is 1.62. The number of piperidine rings is 1. The smallest absolute Gasteiger partial charge is 0.0945 e. The molecule has 3 nitrogen and oxygen atoms in total. The van der Waals surface area contributed by atoms with Gasteiger partial charge in [-0.1, -0.05) is 18.6 Å². The maximum absolute atomic E-state index is 5.84. The predicted octanol–water partition coefficient (Wildman–Crippen LogP) is 3.81. The first-order valence-corrected chi connectivity index (χ1v) is 8.65. The first-order valence-electron chi connectivity index (χ1n) is 7.77. The van der Waals surface area contributed by atoms with Gasteiger partial charge in [0.25, 0.3) is 0 Å². The minimum Gasteiger partial charge on any atom is -0.399 e. The molecule has 1 aliphatic rings. The third-order valence-corrected chi connectivity index (χ3v) is 5.20. The zero-order valence-electron chi connectivity index (χ0n) is 12.6. The average Bonchev–Trinajstić information content (AvgIpc) is 2.95. The lowest BCUT2D eigenvalue weighted by atomic mass is 10.0. The summed E-state index contributed by atoms with van der Waals surface area (Å²) in [7, 11) is 0. The molecule has 0 radical (unpaired) electrons. The normalized spacial score (nSPS) is 19.8. The predicted molar refractivity (Wildman–Crippen MR) is 90.6 cm³/mol. The van der Waals surface area contributed by atoms with Crippen molar-refractivity contribution in [3.63, 3.8) is 0 Å². The van der Waals surface area contributed by atoms with Crippen molar-refractivity contribution in [3.05, 3.63) is 34.7 Å². The highest BCUT2D eigenvalue weighted by molar-refractivity contribution is 7.09. The number of nitrogens with two attached hydrogens (primary N) is 1. The quantitative estimate of drug-likeness (QED) is 0.873. The molecule has 0 saturated carbocycles. The maximum Gasteiger partial charge on any atom is 0.0945 e. The molecule has 112 valence electrons. The molecular formula is C17H23N3S. The summed E-state index contributed by atoms with van der Waals surface area (Å²) in [5, 5.41) is 3.37. The fourth-order valence-corrected chi connectivity index (χ4v) is 3.78. The number of hydrogen-bond acceptors (Lipinski definition) is 4. The molecule has 1 atom stereocenters. The van der Waals surface area contributed by atoms with Gasteiger partial charge in [-0.05, 0) is 38.4 Å². The Labute approximate surface area is 130 Å². The van der Waals surface area contributed by atoms with E-state index in [-0.39, 0.29) is 0 Å². The molecule has 21 heavy (non-hydrogen) atoms. The van der Waals surface area contributed by atoms with Gasteiger partial charge in [-0.3, -0.25) is 0 Å². The van der Waals surface area contributed by atoms with E-state index in [1.54, 1.807) is 11.3 Å². The summed E-state index contributed by atoms with van der Waals surface area (Å²) in [6, 6.07) is 8.69. The van der Waals surface area contributed by atoms with Crippen molar-refractivity contribution in [2.45, 2.75) is 38.6 Å². The average molecular weight is 301 g/mol. The van der Waals surface area contributed by atoms with Crippen molar-refractivity contribution >= 4 is 17.0 Å². The van der Waals surface area contributed by atoms with Gasteiger partial charge in [0.05, 0.1) is 10.7 Å². The number of nitrogens with zero attached hydrogens (tertiary/aromatic N) is 2. The van der Waals surface area contributed by atoms with Gasteiger partial charge in [0, 0.05) is 35.6 Å². The third kappa shape index (κ3) is 3.63. The number of nitrogen functional groups attached to an aromatic ring is 1. The topological polar surface area (TPSA) is 42.2 Å². The van der Waals surface area contributed by atoms with Crippen LogP contribution in [0.2, 0.25) is 0 Å². The van der Waals surface area contributed by atoms with Crippen molar-refractivity contribution in [3.8, 4) is 11.3 Å². The lowest BCUT2D eigenvalue weighted by Gasteiger charge is -2.32. The zero-order valence-corrected chi connectivity index (χ0v) is 13.4. The van der Waals surface area contributed by atoms with Crippen LogP contribution in [0, 0.1) is 0 Å². The van der Waals surface area contributed by atoms with Crippen LogP contribution < -0.4 is 5.73 Å². The molecule has 0 amide bonds. The fourth-order valence-electron chi connectivity index (χ4n) is 2.99. The number of anilines is 1. The molecule has 1 saturated heterocycles. The minimum absolute atomic E-state index is 0.729. The van der Waals surface area contributed by atoms with Gasteiger partial charge in [0.2, 0.25) is 0 Å². The standard InChI is InChI=1S/C17H23N3S/c1-13-5-2-3-9-20(13)10-8-17-19-16(12-21-17)14-6-4-7-15(18)11-14/h4,6-7,11-13H,2-3,5,8-10,18H2,1H3. The first-order chi connectivity index (χ1) is 10.2. The van der Waals surface area contributed by atoms with Crippen molar-refractivity contribution < 1.29 is 0 Å². The molecule has 1 aromatic heterocycles. The van der Waals surface area contributed by atoms with Crippen molar-refractivity contribution in [2.75, 3.05) is 18.8 Å². The Morgan fingerprint density at radius 2 is 2.29 bits per heavy atom. The molecule has 0 aliphatic carbocycles. The molecule has 2 N–H and O–H groups in total. The van der Waals surface area contributed by atoms with Crippen LogP contribution in [0.3, 0.4) is 0 Å². The van der Waals surface area contributed by atoms with Crippen LogP contribution in [-0.2, 0) is 6.42 Å². The van der Waals surface area contributed by atoms with Crippen LogP contribution in [0.25, 0.3) is 11.3 Å². The summed E-state index contributed by atoms with van der Waals surface area (Å²) in [6.45, 7) is 4.72. The van der Waals surface area contributed by atoms with Crippen LogP contribution in [0.1, 0.15) is 31.2 Å². The lowest BCUT2D eigenvalue weighted by molar-refractivity contribution is 0.163. The second-order valence-corrected chi connectivity index (χ2v) is 6.83. The number of thiazole rings is 1. The van der Waals surface area contributed by atoms with Crippen LogP contribution in [0.15, 0.2) is 29.6 Å². The molecule has 0 bridgehead atoms. The van der Waals surface area contributed by atoms with Gasteiger partial charge >= 0.3 is 0 Å². The highest BCUT2D eigenvalue weighted by Crippen LogP contribution is 2.24. The van der Waals surface area contributed by atoms with E-state index >= 15 is 0 Å². The van der Waals surface area contributed by atoms with Gasteiger partial charge in [0.1, 0.15) is 0 Å². The Morgan fingerprint density at radius 3 is 3.10 bits per heavy atom. The number of likely N-dealkylation sites (tertiary alicyclic amines) is 1. The summed E-state index contributed by atoms with van der Waals surface area (Å²) < 4.78 is 0. The first kappa shape index (κ1) is 14.5. The lowest BCUT2D eigenvalue weighted by Crippen LogP contribution is -2.38. The second-order valence-electron chi connectivity index (χ2n) is 5.88. The highest BCUT2D eigenvalue weighted by atomic mass is 32.1. The van der Waals surface area contributed by atoms with E-state index in [9.17, 15) is 0 Å². The maximum atomic E-state index is 5.84.